The molecule has 0 saturated carbocycles. The molecule has 1 fully saturated rings. The highest BCUT2D eigenvalue weighted by molar-refractivity contribution is 6.01. The highest BCUT2D eigenvalue weighted by Gasteiger charge is 2.29. The standard InChI is InChI=1S/C23H25FN4O2/c1-17-3-2-4-20(15-17)28-22(29)10-9-21(25-28)23(30)27-13-11-26(12-14-27)16-18-5-7-19(24)8-6-18/h2-9,15,25H,10-14,16H2,1H3. The predicted octanol–water partition coefficient (Wildman–Crippen LogP) is 2.60. The molecule has 2 aliphatic heterocycles. The van der Waals surface area contributed by atoms with E-state index in [-0.39, 0.29) is 24.1 Å². The second-order valence-corrected chi connectivity index (χ2v) is 7.70. The normalized spacial score (nSPS) is 17.5. The highest BCUT2D eigenvalue weighted by atomic mass is 19.1. The number of rotatable bonds is 4. The summed E-state index contributed by atoms with van der Waals surface area (Å²) in [4.78, 5) is 29.4. The average Bonchev–Trinajstić information content (AvgIpc) is 2.76. The molecule has 30 heavy (non-hydrogen) atoms. The number of hydrogen-bond acceptors (Lipinski definition) is 4. The third-order valence-corrected chi connectivity index (χ3v) is 5.43. The zero-order valence-electron chi connectivity index (χ0n) is 17.0. The van der Waals surface area contributed by atoms with E-state index < -0.39 is 0 Å². The third kappa shape index (κ3) is 4.52. The summed E-state index contributed by atoms with van der Waals surface area (Å²) in [5.74, 6) is -0.427. The van der Waals surface area contributed by atoms with Crippen LogP contribution in [0.4, 0.5) is 10.1 Å². The summed E-state index contributed by atoms with van der Waals surface area (Å²) in [6, 6.07) is 14.1. The number of hydrogen-bond donors (Lipinski definition) is 1. The molecule has 0 aliphatic carbocycles. The molecular weight excluding hydrogens is 383 g/mol. The maximum atomic E-state index is 13.1. The van der Waals surface area contributed by atoms with E-state index in [1.54, 1.807) is 18.2 Å². The first-order valence-corrected chi connectivity index (χ1v) is 10.1. The van der Waals surface area contributed by atoms with Crippen molar-refractivity contribution in [2.45, 2.75) is 19.9 Å². The maximum Gasteiger partial charge on any atom is 0.271 e. The number of aryl methyl sites for hydroxylation is 1. The van der Waals surface area contributed by atoms with Crippen molar-refractivity contribution in [1.82, 2.24) is 15.2 Å². The number of anilines is 1. The zero-order chi connectivity index (χ0) is 21.1. The molecule has 4 rings (SSSR count). The van der Waals surface area contributed by atoms with Crippen LogP contribution in [-0.4, -0.2) is 47.8 Å². The van der Waals surface area contributed by atoms with E-state index in [1.807, 2.05) is 36.1 Å². The SMILES string of the molecule is Cc1cccc(N2NC(C(=O)N3CCN(Cc4ccc(F)cc4)CC3)=CCC2=O)c1. The summed E-state index contributed by atoms with van der Waals surface area (Å²) < 4.78 is 13.1. The minimum absolute atomic E-state index is 0.0958. The first-order valence-electron chi connectivity index (χ1n) is 10.1. The van der Waals surface area contributed by atoms with Gasteiger partial charge in [-0.05, 0) is 48.4 Å². The number of nitrogens with zero attached hydrogens (tertiary/aromatic N) is 3. The summed E-state index contributed by atoms with van der Waals surface area (Å²) in [5.41, 5.74) is 6.26. The van der Waals surface area contributed by atoms with Crippen molar-refractivity contribution in [1.29, 1.82) is 0 Å². The summed E-state index contributed by atoms with van der Waals surface area (Å²) >= 11 is 0. The van der Waals surface area contributed by atoms with Crippen LogP contribution in [0.15, 0.2) is 60.3 Å². The van der Waals surface area contributed by atoms with Crippen LogP contribution in [0.2, 0.25) is 0 Å². The van der Waals surface area contributed by atoms with Gasteiger partial charge in [0.05, 0.1) is 5.69 Å². The van der Waals surface area contributed by atoms with Gasteiger partial charge in [-0.3, -0.25) is 19.9 Å². The van der Waals surface area contributed by atoms with Crippen molar-refractivity contribution in [3.8, 4) is 0 Å². The van der Waals surface area contributed by atoms with Crippen molar-refractivity contribution >= 4 is 17.5 Å². The fourth-order valence-electron chi connectivity index (χ4n) is 3.75. The van der Waals surface area contributed by atoms with Crippen LogP contribution in [0.5, 0.6) is 0 Å². The van der Waals surface area contributed by atoms with E-state index in [9.17, 15) is 14.0 Å². The molecule has 0 unspecified atom stereocenters. The third-order valence-electron chi connectivity index (χ3n) is 5.43. The summed E-state index contributed by atoms with van der Waals surface area (Å²) in [5, 5.41) is 1.45. The summed E-state index contributed by atoms with van der Waals surface area (Å²) in [6.45, 7) is 5.41. The van der Waals surface area contributed by atoms with Crippen LogP contribution < -0.4 is 10.4 Å². The van der Waals surface area contributed by atoms with Crippen molar-refractivity contribution in [3.63, 3.8) is 0 Å². The Morgan fingerprint density at radius 3 is 2.50 bits per heavy atom. The lowest BCUT2D eigenvalue weighted by molar-refractivity contribution is -0.129. The lowest BCUT2D eigenvalue weighted by atomic mass is 10.1. The van der Waals surface area contributed by atoms with Gasteiger partial charge in [-0.15, -0.1) is 0 Å². The van der Waals surface area contributed by atoms with Gasteiger partial charge in [0.25, 0.3) is 5.91 Å². The molecule has 7 heteroatoms. The van der Waals surface area contributed by atoms with E-state index in [2.05, 4.69) is 10.3 Å². The molecule has 1 N–H and O–H groups in total. The number of amides is 2. The molecule has 156 valence electrons. The van der Waals surface area contributed by atoms with E-state index in [0.717, 1.165) is 36.4 Å². The zero-order valence-corrected chi connectivity index (χ0v) is 17.0. The molecule has 0 radical (unpaired) electrons. The molecule has 0 spiro atoms. The number of carbonyl (C=O) groups excluding carboxylic acids is 2. The lowest BCUT2D eigenvalue weighted by Gasteiger charge is -2.36. The van der Waals surface area contributed by atoms with E-state index >= 15 is 0 Å². The van der Waals surface area contributed by atoms with Crippen LogP contribution in [0.25, 0.3) is 0 Å². The molecule has 2 amide bonds. The number of benzene rings is 2. The maximum absolute atomic E-state index is 13.1. The van der Waals surface area contributed by atoms with Crippen molar-refractivity contribution < 1.29 is 14.0 Å². The highest BCUT2D eigenvalue weighted by Crippen LogP contribution is 2.20. The smallest absolute Gasteiger partial charge is 0.271 e. The van der Waals surface area contributed by atoms with E-state index in [1.165, 1.54) is 17.1 Å². The van der Waals surface area contributed by atoms with Gasteiger partial charge < -0.3 is 4.90 Å². The number of hydrazine groups is 1. The fourth-order valence-corrected chi connectivity index (χ4v) is 3.75. The van der Waals surface area contributed by atoms with Gasteiger partial charge in [-0.25, -0.2) is 9.40 Å². The number of nitrogens with one attached hydrogen (secondary N) is 1. The Balaban J connectivity index is 1.35. The molecule has 2 aliphatic rings. The van der Waals surface area contributed by atoms with Crippen molar-refractivity contribution in [2.75, 3.05) is 31.2 Å². The van der Waals surface area contributed by atoms with E-state index in [0.29, 0.717) is 18.8 Å². The second-order valence-electron chi connectivity index (χ2n) is 7.70. The van der Waals surface area contributed by atoms with Crippen LogP contribution in [0.3, 0.4) is 0 Å². The Morgan fingerprint density at radius 2 is 1.80 bits per heavy atom. The van der Waals surface area contributed by atoms with Gasteiger partial charge in [0.2, 0.25) is 5.91 Å². The van der Waals surface area contributed by atoms with Gasteiger partial charge in [0.15, 0.2) is 0 Å². The van der Waals surface area contributed by atoms with Gasteiger partial charge in [-0.2, -0.15) is 0 Å². The van der Waals surface area contributed by atoms with Crippen LogP contribution in [-0.2, 0) is 16.1 Å². The summed E-state index contributed by atoms with van der Waals surface area (Å²) in [7, 11) is 0. The molecular formula is C23H25FN4O2. The topological polar surface area (TPSA) is 55.9 Å². The molecule has 2 heterocycles. The lowest BCUT2D eigenvalue weighted by Crippen LogP contribution is -2.53. The number of carbonyl (C=O) groups is 2. The van der Waals surface area contributed by atoms with Gasteiger partial charge in [0.1, 0.15) is 11.5 Å². The Hall–Kier alpha value is -3.19. The molecule has 2 aromatic carbocycles. The van der Waals surface area contributed by atoms with Crippen LogP contribution in [0, 0.1) is 12.7 Å². The largest absolute Gasteiger partial charge is 0.335 e. The van der Waals surface area contributed by atoms with Gasteiger partial charge in [-0.1, -0.05) is 24.3 Å². The molecule has 6 nitrogen and oxygen atoms in total. The van der Waals surface area contributed by atoms with Crippen molar-refractivity contribution in [3.05, 3.63) is 77.2 Å². The van der Waals surface area contributed by atoms with Gasteiger partial charge in [0, 0.05) is 39.1 Å². The molecule has 1 saturated heterocycles. The van der Waals surface area contributed by atoms with Gasteiger partial charge >= 0.3 is 0 Å². The first kappa shape index (κ1) is 20.1. The van der Waals surface area contributed by atoms with E-state index in [4.69, 9.17) is 0 Å². The first-order chi connectivity index (χ1) is 14.5. The predicted molar refractivity (Wildman–Crippen MR) is 113 cm³/mol. The molecule has 0 atom stereocenters. The Kier molecular flexibility index (Phi) is 5.81. The van der Waals surface area contributed by atoms with Crippen LogP contribution >= 0.6 is 0 Å². The average molecular weight is 408 g/mol. The fraction of sp³-hybridized carbons (Fsp3) is 0.304. The van der Waals surface area contributed by atoms with Crippen LogP contribution in [0.1, 0.15) is 17.5 Å². The minimum Gasteiger partial charge on any atom is -0.335 e. The molecule has 0 aromatic heterocycles. The minimum atomic E-state index is -0.236. The summed E-state index contributed by atoms with van der Waals surface area (Å²) in [6.07, 6.45) is 1.86. The monoisotopic (exact) mass is 408 g/mol. The second kappa shape index (κ2) is 8.67. The molecule has 0 bridgehead atoms. The Bertz CT molecular complexity index is 965. The number of halogens is 1. The number of piperazine rings is 1. The Labute approximate surface area is 175 Å². The van der Waals surface area contributed by atoms with Crippen molar-refractivity contribution in [2.24, 2.45) is 0 Å². The molecule has 2 aromatic rings. The Morgan fingerprint density at radius 1 is 1.07 bits per heavy atom. The quantitative estimate of drug-likeness (QED) is 0.845.